The van der Waals surface area contributed by atoms with Crippen LogP contribution in [-0.4, -0.2) is 5.71 Å². The number of hydrogen-bond acceptors (Lipinski definition) is 3. The second kappa shape index (κ2) is 15.3. The average Bonchev–Trinajstić information content (AvgIpc) is 3.93. The smallest absolute Gasteiger partial charge is 0.135 e. The quantitative estimate of drug-likeness (QED) is 0.161. The van der Waals surface area contributed by atoms with Gasteiger partial charge in [0.1, 0.15) is 22.3 Å². The zero-order valence-corrected chi connectivity index (χ0v) is 34.9. The zero-order chi connectivity index (χ0) is 41.9. The maximum atomic E-state index is 6.72. The van der Waals surface area contributed by atoms with Crippen molar-refractivity contribution in [3.05, 3.63) is 229 Å². The van der Waals surface area contributed by atoms with Gasteiger partial charge in [-0.25, -0.2) is 0 Å². The van der Waals surface area contributed by atoms with E-state index < -0.39 is 0 Å². The Morgan fingerprint density at radius 1 is 0.365 bits per heavy atom. The monoisotopic (exact) mass is 809 g/mol. The molecule has 1 aliphatic heterocycles. The summed E-state index contributed by atoms with van der Waals surface area (Å²) >= 11 is 0. The van der Waals surface area contributed by atoms with Crippen LogP contribution >= 0.6 is 0 Å². The summed E-state index contributed by atoms with van der Waals surface area (Å²) in [5.74, 6) is 0.301. The molecule has 2 aromatic heterocycles. The van der Waals surface area contributed by atoms with Crippen LogP contribution in [0.1, 0.15) is 42.0 Å². The molecule has 0 fully saturated rings. The predicted molar refractivity (Wildman–Crippen MR) is 261 cm³/mol. The molecule has 1 aliphatic rings. The van der Waals surface area contributed by atoms with E-state index in [0.717, 1.165) is 61.8 Å². The third-order valence-corrected chi connectivity index (χ3v) is 13.3. The topological polar surface area (TPSA) is 38.6 Å². The lowest BCUT2D eigenvalue weighted by atomic mass is 9.73. The van der Waals surface area contributed by atoms with E-state index in [4.69, 9.17) is 13.8 Å². The highest BCUT2D eigenvalue weighted by molar-refractivity contribution is 6.11. The fourth-order valence-electron chi connectivity index (χ4n) is 10.2. The molecule has 0 saturated heterocycles. The van der Waals surface area contributed by atoms with Crippen LogP contribution < -0.4 is 0 Å². The van der Waals surface area contributed by atoms with Gasteiger partial charge in [0.25, 0.3) is 0 Å². The molecule has 3 heterocycles. The molecule has 0 radical (unpaired) electrons. The second-order valence-electron chi connectivity index (χ2n) is 17.0. The number of furan rings is 2. The Hall–Kier alpha value is -7.75. The first-order chi connectivity index (χ1) is 31.1. The molecule has 2 unspecified atom stereocenters. The molecule has 11 aromatic rings. The molecule has 0 bridgehead atoms. The van der Waals surface area contributed by atoms with Crippen molar-refractivity contribution in [1.82, 2.24) is 0 Å². The summed E-state index contributed by atoms with van der Waals surface area (Å²) in [6, 6.07) is 75.9. The van der Waals surface area contributed by atoms with E-state index in [0.29, 0.717) is 0 Å². The van der Waals surface area contributed by atoms with Gasteiger partial charge in [-0.2, -0.15) is 0 Å². The first-order valence-electron chi connectivity index (χ1n) is 22.0. The summed E-state index contributed by atoms with van der Waals surface area (Å²) in [6.07, 6.45) is 0.812. The molecule has 0 N–H and O–H groups in total. The summed E-state index contributed by atoms with van der Waals surface area (Å²) < 4.78 is 13.3. The van der Waals surface area contributed by atoms with Crippen molar-refractivity contribution < 1.29 is 8.83 Å². The van der Waals surface area contributed by atoms with Gasteiger partial charge in [0.2, 0.25) is 0 Å². The first kappa shape index (κ1) is 37.0. The van der Waals surface area contributed by atoms with E-state index >= 15 is 0 Å². The van der Waals surface area contributed by atoms with Gasteiger partial charge in [-0.3, -0.25) is 4.99 Å². The van der Waals surface area contributed by atoms with E-state index in [-0.39, 0.29) is 17.9 Å². The summed E-state index contributed by atoms with van der Waals surface area (Å²) in [6.45, 7) is 2.39. The Morgan fingerprint density at radius 3 is 1.32 bits per heavy atom. The maximum Gasteiger partial charge on any atom is 0.135 e. The maximum absolute atomic E-state index is 6.72. The molecule has 0 spiro atoms. The summed E-state index contributed by atoms with van der Waals surface area (Å²) in [5, 5.41) is 4.58. The van der Waals surface area contributed by atoms with Crippen LogP contribution in [0.4, 0.5) is 0 Å². The molecule has 63 heavy (non-hydrogen) atoms. The van der Waals surface area contributed by atoms with Crippen molar-refractivity contribution in [3.63, 3.8) is 0 Å². The largest absolute Gasteiger partial charge is 0.456 e. The lowest BCUT2D eigenvalue weighted by Gasteiger charge is -2.36. The summed E-state index contributed by atoms with van der Waals surface area (Å²) in [5.41, 5.74) is 17.8. The van der Waals surface area contributed by atoms with Crippen LogP contribution in [0.3, 0.4) is 0 Å². The Kier molecular flexibility index (Phi) is 9.00. The van der Waals surface area contributed by atoms with Crippen LogP contribution in [0.15, 0.2) is 226 Å². The number of hydrogen-bond donors (Lipinski definition) is 0. The van der Waals surface area contributed by atoms with Gasteiger partial charge in [0.15, 0.2) is 0 Å². The second-order valence-corrected chi connectivity index (χ2v) is 17.0. The van der Waals surface area contributed by atoms with E-state index in [1.165, 1.54) is 55.5 Å². The van der Waals surface area contributed by atoms with Gasteiger partial charge in [-0.05, 0) is 134 Å². The molecule has 0 saturated carbocycles. The molecule has 9 aromatic carbocycles. The van der Waals surface area contributed by atoms with Crippen molar-refractivity contribution in [2.75, 3.05) is 0 Å². The predicted octanol–water partition coefficient (Wildman–Crippen LogP) is 16.5. The minimum atomic E-state index is -0.120. The molecule has 0 amide bonds. The standard InChI is InChI=1S/C60H43NO2/c1-38-50(37-53(42-22-12-5-13-23-42)61-60(38)49-25-15-27-57-59(49)52-35-43(28-30-55(52)63-57)39-16-6-2-7-17-39)48-24-14-26-56-58(48)51-36-44(29-31-54(51)62-56)47-33-45(40-18-8-3-9-19-40)32-46(34-47)41-20-10-4-11-21-41/h2-36,38,50,60H,37H2,1H3/t38-,50?,60?/m0/s1. The zero-order valence-electron chi connectivity index (χ0n) is 34.9. The number of rotatable bonds is 7. The van der Waals surface area contributed by atoms with Crippen molar-refractivity contribution >= 4 is 49.6 Å². The number of aliphatic imine (C=N–C) groups is 1. The Labute approximate surface area is 366 Å². The van der Waals surface area contributed by atoms with E-state index in [1.807, 2.05) is 0 Å². The molecule has 0 aliphatic carbocycles. The molecule has 3 nitrogen and oxygen atoms in total. The fourth-order valence-corrected chi connectivity index (χ4v) is 10.2. The van der Waals surface area contributed by atoms with Crippen LogP contribution in [0, 0.1) is 5.92 Å². The van der Waals surface area contributed by atoms with Crippen molar-refractivity contribution in [2.24, 2.45) is 10.9 Å². The third kappa shape index (κ3) is 6.56. The molecular formula is C60H43NO2. The lowest BCUT2D eigenvalue weighted by Crippen LogP contribution is -2.26. The number of nitrogens with zero attached hydrogens (tertiary/aromatic N) is 1. The van der Waals surface area contributed by atoms with E-state index in [1.54, 1.807) is 0 Å². The van der Waals surface area contributed by atoms with Gasteiger partial charge in [0.05, 0.1) is 6.04 Å². The molecule has 300 valence electrons. The minimum Gasteiger partial charge on any atom is -0.456 e. The molecule has 12 rings (SSSR count). The highest BCUT2D eigenvalue weighted by atomic mass is 16.3. The fraction of sp³-hybridized carbons (Fsp3) is 0.0833. The van der Waals surface area contributed by atoms with E-state index in [9.17, 15) is 0 Å². The Balaban J connectivity index is 1.02. The van der Waals surface area contributed by atoms with Gasteiger partial charge in [0, 0.05) is 27.3 Å². The number of benzene rings is 9. The SMILES string of the molecule is C[C@H]1C(c2cccc3oc4ccc(-c5cc(-c6ccccc6)cc(-c6ccccc6)c5)cc4c23)CC(c2ccccc2)=NC1c1cccc2oc3ccc(-c4ccccc4)cc3c12. The van der Waals surface area contributed by atoms with Crippen LogP contribution in [0.2, 0.25) is 0 Å². The summed E-state index contributed by atoms with van der Waals surface area (Å²) in [7, 11) is 0. The summed E-state index contributed by atoms with van der Waals surface area (Å²) in [4.78, 5) is 5.70. The van der Waals surface area contributed by atoms with Crippen molar-refractivity contribution in [1.29, 1.82) is 0 Å². The normalized spacial score (nSPS) is 16.5. The van der Waals surface area contributed by atoms with Crippen LogP contribution in [0.25, 0.3) is 88.4 Å². The first-order valence-corrected chi connectivity index (χ1v) is 22.0. The minimum absolute atomic E-state index is 0.120. The highest BCUT2D eigenvalue weighted by Crippen LogP contribution is 2.50. The Morgan fingerprint density at radius 2 is 0.794 bits per heavy atom. The van der Waals surface area contributed by atoms with Gasteiger partial charge in [-0.1, -0.05) is 165 Å². The molecule has 3 heteroatoms. The molecular weight excluding hydrogens is 767 g/mol. The van der Waals surface area contributed by atoms with Crippen LogP contribution in [0.5, 0.6) is 0 Å². The van der Waals surface area contributed by atoms with Crippen molar-refractivity contribution in [3.8, 4) is 44.5 Å². The average molecular weight is 810 g/mol. The van der Waals surface area contributed by atoms with Gasteiger partial charge >= 0.3 is 0 Å². The van der Waals surface area contributed by atoms with Crippen LogP contribution in [-0.2, 0) is 0 Å². The van der Waals surface area contributed by atoms with E-state index in [2.05, 4.69) is 219 Å². The van der Waals surface area contributed by atoms with Gasteiger partial charge in [-0.15, -0.1) is 0 Å². The number of fused-ring (bicyclic) bond motifs is 6. The van der Waals surface area contributed by atoms with Crippen molar-refractivity contribution in [2.45, 2.75) is 25.3 Å². The molecule has 3 atom stereocenters. The third-order valence-electron chi connectivity index (χ3n) is 13.3. The van der Waals surface area contributed by atoms with Gasteiger partial charge < -0.3 is 8.83 Å². The lowest BCUT2D eigenvalue weighted by molar-refractivity contribution is 0.378. The Bertz CT molecular complexity index is 3430. The highest BCUT2D eigenvalue weighted by Gasteiger charge is 2.36.